The van der Waals surface area contributed by atoms with E-state index in [1.54, 1.807) is 0 Å². The number of hydrogen-bond donors (Lipinski definition) is 1. The van der Waals surface area contributed by atoms with E-state index in [1.165, 1.54) is 0 Å². The van der Waals surface area contributed by atoms with Crippen LogP contribution in [0.1, 0.15) is 26.5 Å². The summed E-state index contributed by atoms with van der Waals surface area (Å²) in [6.45, 7) is 5.92. The number of halogens is 1. The summed E-state index contributed by atoms with van der Waals surface area (Å²) < 4.78 is 5.67. The van der Waals surface area contributed by atoms with E-state index in [0.29, 0.717) is 16.4 Å². The van der Waals surface area contributed by atoms with Gasteiger partial charge in [0.15, 0.2) is 5.65 Å². The number of H-pyrrole nitrogens is 1. The predicted molar refractivity (Wildman–Crippen MR) is 51.8 cm³/mol. The molecule has 2 aromatic heterocycles. The zero-order valence-corrected chi connectivity index (χ0v) is 8.84. The largest absolute Gasteiger partial charge is 0.461 e. The number of rotatable bonds is 0. The zero-order valence-electron chi connectivity index (χ0n) is 8.09. The Hall–Kier alpha value is -1.23. The van der Waals surface area contributed by atoms with Crippen LogP contribution in [0.15, 0.2) is 9.32 Å². The summed E-state index contributed by atoms with van der Waals surface area (Å²) in [5.74, 6) is -0.558. The Balaban J connectivity index is 2.82. The topological polar surface area (TPSA) is 63.3 Å². The summed E-state index contributed by atoms with van der Waals surface area (Å²) in [5.41, 5.74) is 0.885. The Morgan fingerprint density at radius 2 is 2.14 bits per heavy atom. The second-order valence-electron chi connectivity index (χ2n) is 4.14. The van der Waals surface area contributed by atoms with Gasteiger partial charge in [0.05, 0.1) is 5.69 Å². The molecule has 0 atom stereocenters. The van der Waals surface area contributed by atoms with Crippen molar-refractivity contribution in [3.63, 3.8) is 0 Å². The van der Waals surface area contributed by atoms with Gasteiger partial charge in [-0.2, -0.15) is 10.3 Å². The molecule has 14 heavy (non-hydrogen) atoms. The molecular formula is C8H10ClN3O2. The van der Waals surface area contributed by atoms with E-state index in [1.807, 2.05) is 20.8 Å². The van der Waals surface area contributed by atoms with Crippen LogP contribution in [0.3, 0.4) is 0 Å². The highest BCUT2D eigenvalue weighted by molar-refractivity contribution is 6.34. The van der Waals surface area contributed by atoms with Gasteiger partial charge in [-0.05, 0) is 0 Å². The van der Waals surface area contributed by atoms with E-state index in [9.17, 15) is 4.79 Å². The molecule has 0 spiro atoms. The lowest BCUT2D eigenvalue weighted by Crippen LogP contribution is -2.14. The molecule has 0 saturated heterocycles. The first kappa shape index (κ1) is 9.33. The van der Waals surface area contributed by atoms with Crippen molar-refractivity contribution in [3.8, 4) is 0 Å². The summed E-state index contributed by atoms with van der Waals surface area (Å²) in [4.78, 5) is 11.1. The fraction of sp³-hybridized carbons (Fsp3) is 0.500. The fourth-order valence-corrected chi connectivity index (χ4v) is 1.67. The Bertz CT molecular complexity index is 529. The third-order valence-electron chi connectivity index (χ3n) is 1.95. The fourth-order valence-electron chi connectivity index (χ4n) is 1.23. The van der Waals surface area contributed by atoms with Crippen molar-refractivity contribution in [2.75, 3.05) is 0 Å². The normalized spacial score (nSPS) is 12.6. The van der Waals surface area contributed by atoms with Crippen LogP contribution < -0.4 is 5.76 Å². The first-order chi connectivity index (χ1) is 6.41. The van der Waals surface area contributed by atoms with Crippen LogP contribution in [-0.2, 0) is 5.41 Å². The molecule has 0 bridgehead atoms. The Labute approximate surface area is 84.6 Å². The second kappa shape index (κ2) is 2.63. The van der Waals surface area contributed by atoms with Gasteiger partial charge in [-0.25, -0.2) is 4.79 Å². The van der Waals surface area contributed by atoms with Crippen LogP contribution in [0.25, 0.3) is 5.65 Å². The van der Waals surface area contributed by atoms with Crippen molar-refractivity contribution in [1.82, 2.24) is 14.8 Å². The van der Waals surface area contributed by atoms with Crippen molar-refractivity contribution in [2.45, 2.75) is 26.2 Å². The van der Waals surface area contributed by atoms with Crippen molar-refractivity contribution >= 4 is 17.2 Å². The predicted octanol–water partition coefficient (Wildman–Crippen LogP) is 1.57. The number of nitrogens with one attached hydrogen (secondary N) is 1. The number of hydrogen-bond acceptors (Lipinski definition) is 3. The summed E-state index contributed by atoms with van der Waals surface area (Å²) in [6.07, 6.45) is 0. The molecule has 2 heterocycles. The molecular weight excluding hydrogens is 206 g/mol. The zero-order chi connectivity index (χ0) is 10.5. The highest BCUT2D eigenvalue weighted by Crippen LogP contribution is 2.29. The molecule has 0 aromatic carbocycles. The van der Waals surface area contributed by atoms with Crippen LogP contribution in [0.4, 0.5) is 0 Å². The Morgan fingerprint density at radius 1 is 1.50 bits per heavy atom. The standard InChI is InChI=1S/C8H10ClN3O2/c1-8(2,3)5-4(9)6-11-14-7(13)12(6)10-5/h11H,1-3H3. The molecule has 0 fully saturated rings. The molecule has 2 rings (SSSR count). The van der Waals surface area contributed by atoms with Gasteiger partial charge >= 0.3 is 5.76 Å². The molecule has 76 valence electrons. The van der Waals surface area contributed by atoms with Gasteiger partial charge in [-0.3, -0.25) is 0 Å². The lowest BCUT2D eigenvalue weighted by molar-refractivity contribution is 0.381. The smallest absolute Gasteiger partial charge is 0.321 e. The van der Waals surface area contributed by atoms with E-state index in [4.69, 9.17) is 11.6 Å². The van der Waals surface area contributed by atoms with E-state index >= 15 is 0 Å². The van der Waals surface area contributed by atoms with Crippen LogP contribution in [0.2, 0.25) is 5.02 Å². The monoisotopic (exact) mass is 215 g/mol. The van der Waals surface area contributed by atoms with Crippen LogP contribution in [-0.4, -0.2) is 14.8 Å². The number of aromatic nitrogens is 3. The molecule has 0 aliphatic rings. The molecule has 5 nitrogen and oxygen atoms in total. The van der Waals surface area contributed by atoms with Gasteiger partial charge in [-0.1, -0.05) is 32.4 Å². The molecule has 0 radical (unpaired) electrons. The van der Waals surface area contributed by atoms with E-state index in [-0.39, 0.29) is 5.41 Å². The molecule has 2 aromatic rings. The first-order valence-electron chi connectivity index (χ1n) is 4.17. The summed E-state index contributed by atoms with van der Waals surface area (Å²) in [5, 5.41) is 6.95. The lowest BCUT2D eigenvalue weighted by Gasteiger charge is -2.14. The van der Waals surface area contributed by atoms with Gasteiger partial charge in [0.25, 0.3) is 0 Å². The van der Waals surface area contributed by atoms with E-state index in [2.05, 4.69) is 14.8 Å². The van der Waals surface area contributed by atoms with E-state index < -0.39 is 5.76 Å². The van der Waals surface area contributed by atoms with Crippen molar-refractivity contribution in [1.29, 1.82) is 0 Å². The molecule has 0 aliphatic heterocycles. The van der Waals surface area contributed by atoms with Gasteiger partial charge in [-0.15, -0.1) is 4.52 Å². The quantitative estimate of drug-likeness (QED) is 0.726. The molecule has 6 heteroatoms. The average Bonchev–Trinajstić information content (AvgIpc) is 2.54. The molecule has 0 amide bonds. The summed E-state index contributed by atoms with van der Waals surface area (Å²) in [6, 6.07) is 0. The summed E-state index contributed by atoms with van der Waals surface area (Å²) >= 11 is 6.04. The third kappa shape index (κ3) is 1.16. The molecule has 0 aliphatic carbocycles. The van der Waals surface area contributed by atoms with Crippen LogP contribution in [0.5, 0.6) is 0 Å². The SMILES string of the molecule is CC(C)(C)c1nn2c(=O)o[nH]c2c1Cl. The minimum absolute atomic E-state index is 0.198. The molecule has 0 unspecified atom stereocenters. The highest BCUT2D eigenvalue weighted by atomic mass is 35.5. The Morgan fingerprint density at radius 3 is 2.64 bits per heavy atom. The lowest BCUT2D eigenvalue weighted by atomic mass is 9.92. The maximum Gasteiger partial charge on any atom is 0.461 e. The van der Waals surface area contributed by atoms with Gasteiger partial charge in [0, 0.05) is 5.41 Å². The minimum Gasteiger partial charge on any atom is -0.321 e. The average molecular weight is 216 g/mol. The Kier molecular flexibility index (Phi) is 1.75. The van der Waals surface area contributed by atoms with Gasteiger partial charge in [0.2, 0.25) is 0 Å². The number of nitrogens with zero attached hydrogens (tertiary/aromatic N) is 2. The number of aromatic amines is 1. The minimum atomic E-state index is -0.558. The molecule has 1 N–H and O–H groups in total. The van der Waals surface area contributed by atoms with Crippen molar-refractivity contribution < 1.29 is 4.52 Å². The van der Waals surface area contributed by atoms with Crippen LogP contribution in [0, 0.1) is 0 Å². The highest BCUT2D eigenvalue weighted by Gasteiger charge is 2.25. The third-order valence-corrected chi connectivity index (χ3v) is 2.30. The maximum absolute atomic E-state index is 11.1. The van der Waals surface area contributed by atoms with Crippen molar-refractivity contribution in [2.24, 2.45) is 0 Å². The van der Waals surface area contributed by atoms with Gasteiger partial charge < -0.3 is 4.52 Å². The number of fused-ring (bicyclic) bond motifs is 1. The van der Waals surface area contributed by atoms with Crippen molar-refractivity contribution in [3.05, 3.63) is 21.3 Å². The second-order valence-corrected chi connectivity index (χ2v) is 4.52. The maximum atomic E-state index is 11.1. The summed E-state index contributed by atoms with van der Waals surface area (Å²) in [7, 11) is 0. The van der Waals surface area contributed by atoms with Gasteiger partial charge in [0.1, 0.15) is 5.02 Å². The van der Waals surface area contributed by atoms with Crippen LogP contribution >= 0.6 is 11.6 Å². The van der Waals surface area contributed by atoms with E-state index in [0.717, 1.165) is 4.52 Å². The molecule has 0 saturated carbocycles. The first-order valence-corrected chi connectivity index (χ1v) is 4.55.